The maximum Gasteiger partial charge on any atom is 0.119 e. The maximum absolute atomic E-state index is 8.63. The summed E-state index contributed by atoms with van der Waals surface area (Å²) in [6, 6.07) is 14.6. The Morgan fingerprint density at radius 1 is 1.10 bits per heavy atom. The van der Waals surface area contributed by atoms with Gasteiger partial charge in [0.1, 0.15) is 12.4 Å². The Labute approximate surface area is 133 Å². The molecular weight excluding hydrogens is 307 g/mol. The second-order valence-corrected chi connectivity index (χ2v) is 5.39. The van der Waals surface area contributed by atoms with Crippen LogP contribution in [0.3, 0.4) is 0 Å². The van der Waals surface area contributed by atoms with E-state index in [4.69, 9.17) is 38.9 Å². The van der Waals surface area contributed by atoms with Gasteiger partial charge in [-0.15, -0.1) is 0 Å². The molecule has 2 rings (SSSR count). The van der Waals surface area contributed by atoms with E-state index in [-0.39, 0.29) is 6.04 Å². The molecule has 3 nitrogen and oxygen atoms in total. The molecular formula is C16H14Cl2N2O. The number of nitriles is 1. The number of ether oxygens (including phenoxy) is 1. The van der Waals surface area contributed by atoms with E-state index in [1.165, 1.54) is 0 Å². The lowest BCUT2D eigenvalue weighted by atomic mass is 10.1. The van der Waals surface area contributed by atoms with Gasteiger partial charge in [0.25, 0.3) is 0 Å². The number of nitrogens with two attached hydrogens (primary N) is 1. The summed E-state index contributed by atoms with van der Waals surface area (Å²) in [4.78, 5) is 0. The van der Waals surface area contributed by atoms with Crippen LogP contribution in [0.5, 0.6) is 5.75 Å². The Morgan fingerprint density at radius 2 is 1.81 bits per heavy atom. The number of halogens is 2. The van der Waals surface area contributed by atoms with E-state index in [0.29, 0.717) is 23.1 Å². The van der Waals surface area contributed by atoms with Gasteiger partial charge < -0.3 is 10.5 Å². The molecule has 0 aromatic heterocycles. The second-order valence-electron chi connectivity index (χ2n) is 4.57. The van der Waals surface area contributed by atoms with E-state index >= 15 is 0 Å². The van der Waals surface area contributed by atoms with Crippen LogP contribution in [0.15, 0.2) is 42.5 Å². The average Bonchev–Trinajstić information content (AvgIpc) is 2.49. The molecule has 0 fully saturated rings. The zero-order chi connectivity index (χ0) is 15.2. The zero-order valence-corrected chi connectivity index (χ0v) is 12.7. The molecule has 2 aromatic carbocycles. The van der Waals surface area contributed by atoms with Crippen molar-refractivity contribution < 1.29 is 4.74 Å². The van der Waals surface area contributed by atoms with E-state index in [9.17, 15) is 0 Å². The molecule has 0 spiro atoms. The van der Waals surface area contributed by atoms with Crippen molar-refractivity contribution in [2.24, 2.45) is 5.73 Å². The molecule has 0 aliphatic heterocycles. The molecule has 0 heterocycles. The molecule has 108 valence electrons. The van der Waals surface area contributed by atoms with Crippen molar-refractivity contribution in [2.45, 2.75) is 19.1 Å². The summed E-state index contributed by atoms with van der Waals surface area (Å²) >= 11 is 11.8. The molecule has 0 saturated heterocycles. The first-order valence-corrected chi connectivity index (χ1v) is 7.15. The molecule has 0 aliphatic rings. The summed E-state index contributed by atoms with van der Waals surface area (Å²) in [6.45, 7) is 0.403. The van der Waals surface area contributed by atoms with E-state index < -0.39 is 0 Å². The standard InChI is InChI=1S/C16H14Cl2N2O/c17-14-6-1-11(9-15(14)18)10-21-13-4-2-12(3-5-13)16(20)7-8-19/h1-6,9,16H,7,10,20H2/t16-/m1/s1. The summed E-state index contributed by atoms with van der Waals surface area (Å²) in [5, 5.41) is 9.66. The highest BCUT2D eigenvalue weighted by Gasteiger charge is 2.05. The number of hydrogen-bond acceptors (Lipinski definition) is 3. The van der Waals surface area contributed by atoms with Gasteiger partial charge in [0.2, 0.25) is 0 Å². The van der Waals surface area contributed by atoms with Crippen LogP contribution in [0, 0.1) is 11.3 Å². The van der Waals surface area contributed by atoms with Gasteiger partial charge in [-0.3, -0.25) is 0 Å². The first-order valence-electron chi connectivity index (χ1n) is 6.39. The van der Waals surface area contributed by atoms with Crippen molar-refractivity contribution in [1.82, 2.24) is 0 Å². The van der Waals surface area contributed by atoms with Gasteiger partial charge in [-0.2, -0.15) is 5.26 Å². The third kappa shape index (κ3) is 4.37. The number of hydrogen-bond donors (Lipinski definition) is 1. The third-order valence-corrected chi connectivity index (χ3v) is 3.75. The molecule has 0 unspecified atom stereocenters. The minimum absolute atomic E-state index is 0.265. The summed E-state index contributed by atoms with van der Waals surface area (Å²) in [7, 11) is 0. The van der Waals surface area contributed by atoms with Crippen molar-refractivity contribution in [1.29, 1.82) is 5.26 Å². The van der Waals surface area contributed by atoms with Crippen LogP contribution < -0.4 is 10.5 Å². The van der Waals surface area contributed by atoms with Crippen LogP contribution in [-0.4, -0.2) is 0 Å². The Balaban J connectivity index is 1.97. The monoisotopic (exact) mass is 320 g/mol. The van der Waals surface area contributed by atoms with Gasteiger partial charge in [-0.25, -0.2) is 0 Å². The molecule has 1 atom stereocenters. The normalized spacial score (nSPS) is 11.7. The highest BCUT2D eigenvalue weighted by molar-refractivity contribution is 6.42. The van der Waals surface area contributed by atoms with Gasteiger partial charge >= 0.3 is 0 Å². The fourth-order valence-corrected chi connectivity index (χ4v) is 2.14. The molecule has 5 heteroatoms. The van der Waals surface area contributed by atoms with Crippen molar-refractivity contribution >= 4 is 23.2 Å². The largest absolute Gasteiger partial charge is 0.489 e. The quantitative estimate of drug-likeness (QED) is 0.883. The van der Waals surface area contributed by atoms with Crippen molar-refractivity contribution in [3.63, 3.8) is 0 Å². The predicted octanol–water partition coefficient (Wildman–Crippen LogP) is 4.49. The van der Waals surface area contributed by atoms with Gasteiger partial charge in [-0.1, -0.05) is 41.4 Å². The second kappa shape index (κ2) is 7.33. The van der Waals surface area contributed by atoms with Gasteiger partial charge in [0.05, 0.1) is 22.5 Å². The SMILES string of the molecule is N#CC[C@@H](N)c1ccc(OCc2ccc(Cl)c(Cl)c2)cc1. The Hall–Kier alpha value is -1.73. The topological polar surface area (TPSA) is 59.0 Å². The van der Waals surface area contributed by atoms with Crippen molar-refractivity contribution in [2.75, 3.05) is 0 Å². The minimum Gasteiger partial charge on any atom is -0.489 e. The Kier molecular flexibility index (Phi) is 5.46. The fourth-order valence-electron chi connectivity index (χ4n) is 1.82. The zero-order valence-electron chi connectivity index (χ0n) is 11.2. The highest BCUT2D eigenvalue weighted by Crippen LogP contribution is 2.24. The van der Waals surface area contributed by atoms with E-state index in [2.05, 4.69) is 6.07 Å². The summed E-state index contributed by atoms with van der Waals surface area (Å²) in [5.41, 5.74) is 7.72. The van der Waals surface area contributed by atoms with Crippen LogP contribution in [0.1, 0.15) is 23.6 Å². The van der Waals surface area contributed by atoms with Gasteiger partial charge in [0, 0.05) is 6.04 Å². The lowest BCUT2D eigenvalue weighted by Gasteiger charge is -2.10. The van der Waals surface area contributed by atoms with Crippen LogP contribution in [0.25, 0.3) is 0 Å². The minimum atomic E-state index is -0.265. The predicted molar refractivity (Wildman–Crippen MR) is 84.4 cm³/mol. The van der Waals surface area contributed by atoms with E-state index in [1.54, 1.807) is 12.1 Å². The lowest BCUT2D eigenvalue weighted by molar-refractivity contribution is 0.306. The summed E-state index contributed by atoms with van der Waals surface area (Å²) in [5.74, 6) is 0.731. The molecule has 0 amide bonds. The summed E-state index contributed by atoms with van der Waals surface area (Å²) in [6.07, 6.45) is 0.295. The highest BCUT2D eigenvalue weighted by atomic mass is 35.5. The van der Waals surface area contributed by atoms with Gasteiger partial charge in [0.15, 0.2) is 0 Å². The average molecular weight is 321 g/mol. The molecule has 0 bridgehead atoms. The van der Waals surface area contributed by atoms with Crippen LogP contribution in [0.2, 0.25) is 10.0 Å². The number of rotatable bonds is 5. The molecule has 2 N–H and O–H groups in total. The molecule has 0 aliphatic carbocycles. The summed E-state index contributed by atoms with van der Waals surface area (Å²) < 4.78 is 5.67. The Morgan fingerprint density at radius 3 is 2.43 bits per heavy atom. The third-order valence-electron chi connectivity index (χ3n) is 3.01. The number of benzene rings is 2. The lowest BCUT2D eigenvalue weighted by Crippen LogP contribution is -2.08. The van der Waals surface area contributed by atoms with Crippen LogP contribution in [-0.2, 0) is 6.61 Å². The van der Waals surface area contributed by atoms with Crippen LogP contribution in [0.4, 0.5) is 0 Å². The van der Waals surface area contributed by atoms with Gasteiger partial charge in [-0.05, 0) is 35.4 Å². The fraction of sp³-hybridized carbons (Fsp3) is 0.188. The van der Waals surface area contributed by atoms with E-state index in [0.717, 1.165) is 16.9 Å². The van der Waals surface area contributed by atoms with Crippen molar-refractivity contribution in [3.05, 3.63) is 63.6 Å². The first kappa shape index (κ1) is 15.7. The number of nitrogens with zero attached hydrogens (tertiary/aromatic N) is 1. The molecule has 0 saturated carbocycles. The maximum atomic E-state index is 8.63. The first-order chi connectivity index (χ1) is 10.1. The Bertz CT molecular complexity index is 650. The smallest absolute Gasteiger partial charge is 0.119 e. The van der Waals surface area contributed by atoms with Crippen molar-refractivity contribution in [3.8, 4) is 11.8 Å². The molecule has 2 aromatic rings. The molecule has 21 heavy (non-hydrogen) atoms. The van der Waals surface area contributed by atoms with Crippen LogP contribution >= 0.6 is 23.2 Å². The van der Waals surface area contributed by atoms with E-state index in [1.807, 2.05) is 30.3 Å². The molecule has 0 radical (unpaired) electrons.